The Balaban J connectivity index is 1.61. The zero-order valence-electron chi connectivity index (χ0n) is 12.1. The van der Waals surface area contributed by atoms with Crippen molar-refractivity contribution in [2.75, 3.05) is 20.2 Å². The summed E-state index contributed by atoms with van der Waals surface area (Å²) < 4.78 is 26.3. The molecule has 1 aromatic carbocycles. The average molecular weight is 324 g/mol. The number of esters is 1. The van der Waals surface area contributed by atoms with E-state index in [2.05, 4.69) is 0 Å². The van der Waals surface area contributed by atoms with Crippen molar-refractivity contribution in [2.45, 2.75) is 24.4 Å². The van der Waals surface area contributed by atoms with Crippen LogP contribution >= 0.6 is 0 Å². The number of rotatable bonds is 4. The maximum absolute atomic E-state index is 12.0. The van der Waals surface area contributed by atoms with Crippen molar-refractivity contribution in [3.8, 4) is 0 Å². The summed E-state index contributed by atoms with van der Waals surface area (Å²) in [5, 5.41) is 9.14. The summed E-state index contributed by atoms with van der Waals surface area (Å²) in [5.41, 5.74) is 0.424. The highest BCUT2D eigenvalue weighted by Crippen LogP contribution is 2.26. The van der Waals surface area contributed by atoms with E-state index in [9.17, 15) is 9.59 Å². The summed E-state index contributed by atoms with van der Waals surface area (Å²) >= 11 is 0. The number of carbonyl (C=O) groups excluding carboxylic acids is 1. The van der Waals surface area contributed by atoms with Gasteiger partial charge in [0.25, 0.3) is 0 Å². The van der Waals surface area contributed by atoms with Crippen molar-refractivity contribution in [1.29, 1.82) is 0 Å². The molecule has 0 unspecified atom stereocenters. The molecule has 0 aliphatic carbocycles. The highest BCUT2D eigenvalue weighted by molar-refractivity contribution is 5.89. The fourth-order valence-electron chi connectivity index (χ4n) is 2.52. The molecule has 0 radical (unpaired) electrons. The van der Waals surface area contributed by atoms with E-state index >= 15 is 0 Å². The van der Waals surface area contributed by atoms with Crippen molar-refractivity contribution >= 4 is 11.9 Å². The smallest absolute Gasteiger partial charge is 0.338 e. The number of aliphatic carboxylic acids is 1. The number of carboxylic acid groups (broad SMARTS) is 1. The summed E-state index contributed by atoms with van der Waals surface area (Å²) in [4.78, 5) is 23.1. The van der Waals surface area contributed by atoms with E-state index in [0.29, 0.717) is 5.56 Å². The molecule has 2 aliphatic rings. The molecule has 0 spiro atoms. The van der Waals surface area contributed by atoms with Crippen LogP contribution < -0.4 is 0 Å². The molecular formula is C15H16O8. The largest absolute Gasteiger partial charge is 0.479 e. The Labute approximate surface area is 131 Å². The van der Waals surface area contributed by atoms with Crippen LogP contribution in [0.25, 0.3) is 0 Å². The highest BCUT2D eigenvalue weighted by atomic mass is 16.8. The van der Waals surface area contributed by atoms with Crippen LogP contribution in [-0.2, 0) is 28.5 Å². The van der Waals surface area contributed by atoms with Crippen molar-refractivity contribution in [1.82, 2.24) is 0 Å². The number of carboxylic acids is 1. The minimum Gasteiger partial charge on any atom is -0.479 e. The first-order chi connectivity index (χ1) is 11.2. The molecule has 124 valence electrons. The molecule has 2 saturated heterocycles. The molecule has 1 aromatic rings. The van der Waals surface area contributed by atoms with Gasteiger partial charge >= 0.3 is 11.9 Å². The number of hydrogen-bond donors (Lipinski definition) is 1. The second kappa shape index (κ2) is 7.05. The Morgan fingerprint density at radius 2 is 1.74 bits per heavy atom. The first-order valence-electron chi connectivity index (χ1n) is 7.08. The van der Waals surface area contributed by atoms with Gasteiger partial charge in [-0.3, -0.25) is 0 Å². The Morgan fingerprint density at radius 3 is 2.48 bits per heavy atom. The van der Waals surface area contributed by atoms with E-state index in [1.807, 2.05) is 0 Å². The molecule has 2 aliphatic heterocycles. The fourth-order valence-corrected chi connectivity index (χ4v) is 2.52. The monoisotopic (exact) mass is 324 g/mol. The molecule has 0 bridgehead atoms. The van der Waals surface area contributed by atoms with Crippen LogP contribution in [-0.4, -0.2) is 61.7 Å². The zero-order chi connectivity index (χ0) is 16.2. The number of fused-ring (bicyclic) bond motifs is 1. The zero-order valence-corrected chi connectivity index (χ0v) is 12.1. The lowest BCUT2D eigenvalue weighted by atomic mass is 10.0. The van der Waals surface area contributed by atoms with Gasteiger partial charge in [-0.15, -0.1) is 0 Å². The van der Waals surface area contributed by atoms with Crippen molar-refractivity contribution < 1.29 is 38.4 Å². The third-order valence-corrected chi connectivity index (χ3v) is 3.67. The van der Waals surface area contributed by atoms with Crippen molar-refractivity contribution in [3.05, 3.63) is 35.9 Å². The Bertz CT molecular complexity index is 560. The van der Waals surface area contributed by atoms with E-state index < -0.39 is 36.4 Å². The lowest BCUT2D eigenvalue weighted by Gasteiger charge is -2.42. The molecule has 8 nitrogen and oxygen atoms in total. The van der Waals surface area contributed by atoms with Crippen LogP contribution in [0.15, 0.2) is 30.3 Å². The predicted molar refractivity (Wildman–Crippen MR) is 73.6 cm³/mol. The molecule has 3 rings (SSSR count). The molecule has 0 amide bonds. The average Bonchev–Trinajstić information content (AvgIpc) is 2.59. The molecule has 2 heterocycles. The van der Waals surface area contributed by atoms with Gasteiger partial charge in [-0.2, -0.15) is 0 Å². The number of benzene rings is 1. The van der Waals surface area contributed by atoms with Gasteiger partial charge in [-0.1, -0.05) is 18.2 Å². The van der Waals surface area contributed by atoms with Gasteiger partial charge in [0, 0.05) is 0 Å². The van der Waals surface area contributed by atoms with Crippen LogP contribution in [0.4, 0.5) is 0 Å². The van der Waals surface area contributed by atoms with Crippen molar-refractivity contribution in [3.63, 3.8) is 0 Å². The van der Waals surface area contributed by atoms with E-state index in [0.717, 1.165) is 0 Å². The van der Waals surface area contributed by atoms with Crippen molar-refractivity contribution in [2.24, 2.45) is 0 Å². The number of ether oxygens (including phenoxy) is 5. The second-order valence-electron chi connectivity index (χ2n) is 5.09. The minimum atomic E-state index is -1.13. The Kier molecular flexibility index (Phi) is 4.87. The molecule has 0 aromatic heterocycles. The molecule has 2 fully saturated rings. The summed E-state index contributed by atoms with van der Waals surface area (Å²) in [6.07, 6.45) is -3.24. The van der Waals surface area contributed by atoms with Crippen LogP contribution in [0.3, 0.4) is 0 Å². The third kappa shape index (κ3) is 3.50. The maximum atomic E-state index is 12.0. The molecule has 4 atom stereocenters. The normalized spacial score (nSPS) is 30.3. The lowest BCUT2D eigenvalue weighted by Crippen LogP contribution is -2.60. The third-order valence-electron chi connectivity index (χ3n) is 3.67. The van der Waals surface area contributed by atoms with Gasteiger partial charge in [0.1, 0.15) is 38.5 Å². The Morgan fingerprint density at radius 1 is 1.04 bits per heavy atom. The summed E-state index contributed by atoms with van der Waals surface area (Å²) in [7, 11) is 0. The summed E-state index contributed by atoms with van der Waals surface area (Å²) in [6.45, 7) is -0.371. The number of hydrogen-bond acceptors (Lipinski definition) is 7. The van der Waals surface area contributed by atoms with Gasteiger partial charge in [0.15, 0.2) is 6.10 Å². The van der Waals surface area contributed by atoms with Crippen LogP contribution in [0.1, 0.15) is 10.4 Å². The van der Waals surface area contributed by atoms with Gasteiger partial charge in [-0.25, -0.2) is 9.59 Å². The quantitative estimate of drug-likeness (QED) is 0.795. The number of carbonyl (C=O) groups is 2. The Hall–Kier alpha value is -2.00. The van der Waals surface area contributed by atoms with E-state index in [1.54, 1.807) is 30.3 Å². The highest BCUT2D eigenvalue weighted by Gasteiger charge is 2.47. The first kappa shape index (κ1) is 15.9. The van der Waals surface area contributed by atoms with Crippen LogP contribution in [0.5, 0.6) is 0 Å². The molecule has 23 heavy (non-hydrogen) atoms. The van der Waals surface area contributed by atoms with E-state index in [4.69, 9.17) is 28.8 Å². The van der Waals surface area contributed by atoms with Gasteiger partial charge in [-0.05, 0) is 12.1 Å². The van der Waals surface area contributed by atoms with Crippen LogP contribution in [0.2, 0.25) is 0 Å². The predicted octanol–water partition coefficient (Wildman–Crippen LogP) is 0.411. The van der Waals surface area contributed by atoms with Gasteiger partial charge in [0.05, 0.1) is 5.56 Å². The summed E-state index contributed by atoms with van der Waals surface area (Å²) in [6, 6.07) is 8.54. The topological polar surface area (TPSA) is 101 Å². The van der Waals surface area contributed by atoms with Gasteiger partial charge in [0.2, 0.25) is 0 Å². The molecule has 1 N–H and O–H groups in total. The van der Waals surface area contributed by atoms with E-state index in [1.165, 1.54) is 0 Å². The standard InChI is InChI=1S/C15H16O8/c16-14(17)13-12-11(21-8-23-13)10(20-7-22-12)6-19-15(18)9-4-2-1-3-5-9/h1-5,10-13H,6-8H2,(H,16,17)/t10-,11-,12+,13+/m1/s1. The van der Waals surface area contributed by atoms with E-state index in [-0.39, 0.29) is 20.2 Å². The second-order valence-corrected chi connectivity index (χ2v) is 5.09. The SMILES string of the molecule is O=C(OC[C@H]1OCO[C@H]2[C@@H]1OCO[C@@H]2C(=O)O)c1ccccc1. The first-order valence-corrected chi connectivity index (χ1v) is 7.08. The van der Waals surface area contributed by atoms with Gasteiger partial charge < -0.3 is 28.8 Å². The van der Waals surface area contributed by atoms with Crippen LogP contribution in [0, 0.1) is 0 Å². The molecular weight excluding hydrogens is 308 g/mol. The maximum Gasteiger partial charge on any atom is 0.338 e. The fraction of sp³-hybridized carbons (Fsp3) is 0.467. The lowest BCUT2D eigenvalue weighted by molar-refractivity contribution is -0.322. The minimum absolute atomic E-state index is 0.0649. The molecule has 8 heteroatoms. The molecule has 0 saturated carbocycles. The summed E-state index contributed by atoms with van der Waals surface area (Å²) in [5.74, 6) is -1.62.